The second-order valence-electron chi connectivity index (χ2n) is 6.72. The normalized spacial score (nSPS) is 19.6. The van der Waals surface area contributed by atoms with Crippen LogP contribution in [0.3, 0.4) is 0 Å². The van der Waals surface area contributed by atoms with E-state index in [2.05, 4.69) is 10.4 Å². The van der Waals surface area contributed by atoms with Crippen molar-refractivity contribution in [3.8, 4) is 0 Å². The van der Waals surface area contributed by atoms with Crippen molar-refractivity contribution in [2.75, 3.05) is 0 Å². The first-order valence-electron chi connectivity index (χ1n) is 8.86. The highest BCUT2D eigenvalue weighted by Gasteiger charge is 2.39. The lowest BCUT2D eigenvalue weighted by Crippen LogP contribution is -2.52. The van der Waals surface area contributed by atoms with Crippen LogP contribution in [0.4, 0.5) is 0 Å². The van der Waals surface area contributed by atoms with Crippen LogP contribution in [0.5, 0.6) is 0 Å². The minimum atomic E-state index is -0.565. The Kier molecular flexibility index (Phi) is 4.28. The van der Waals surface area contributed by atoms with Crippen LogP contribution in [-0.4, -0.2) is 38.4 Å². The summed E-state index contributed by atoms with van der Waals surface area (Å²) in [6.07, 6.45) is 6.12. The van der Waals surface area contributed by atoms with Gasteiger partial charge in [-0.2, -0.15) is 5.10 Å². The molecule has 7 nitrogen and oxygen atoms in total. The standard InChI is InChI=1S/C19H20N4O3/c24-17-8-7-16(18(25)21-17)23-12-15-13(4-1-6-14(15)19(23)26)5-2-10-22-11-3-9-20-22/h1,3-4,6,9,11,16H,2,5,7-8,10,12H2,(H,21,24,25). The van der Waals surface area contributed by atoms with E-state index in [0.29, 0.717) is 18.5 Å². The summed E-state index contributed by atoms with van der Waals surface area (Å²) in [4.78, 5) is 37.9. The molecule has 0 spiro atoms. The van der Waals surface area contributed by atoms with Gasteiger partial charge in [0, 0.05) is 37.5 Å². The van der Waals surface area contributed by atoms with E-state index in [-0.39, 0.29) is 24.1 Å². The van der Waals surface area contributed by atoms with E-state index in [1.807, 2.05) is 35.1 Å². The molecule has 4 rings (SSSR count). The molecule has 1 aromatic heterocycles. The number of imide groups is 1. The van der Waals surface area contributed by atoms with Crippen molar-refractivity contribution < 1.29 is 14.4 Å². The number of hydrogen-bond acceptors (Lipinski definition) is 4. The number of amides is 3. The van der Waals surface area contributed by atoms with Gasteiger partial charge in [-0.05, 0) is 42.5 Å². The summed E-state index contributed by atoms with van der Waals surface area (Å²) in [5.41, 5.74) is 2.81. The Labute approximate surface area is 151 Å². The molecule has 1 saturated heterocycles. The summed E-state index contributed by atoms with van der Waals surface area (Å²) in [5, 5.41) is 6.54. The van der Waals surface area contributed by atoms with Crippen LogP contribution < -0.4 is 5.32 Å². The molecule has 2 aliphatic rings. The smallest absolute Gasteiger partial charge is 0.255 e. The van der Waals surface area contributed by atoms with Crippen LogP contribution in [0.25, 0.3) is 0 Å². The average Bonchev–Trinajstić information content (AvgIpc) is 3.24. The molecule has 0 saturated carbocycles. The van der Waals surface area contributed by atoms with Gasteiger partial charge in [-0.25, -0.2) is 0 Å². The molecule has 1 N–H and O–H groups in total. The summed E-state index contributed by atoms with van der Waals surface area (Å²) < 4.78 is 1.89. The Hall–Kier alpha value is -2.96. The van der Waals surface area contributed by atoms with Crippen molar-refractivity contribution in [1.29, 1.82) is 0 Å². The molecule has 3 amide bonds. The second-order valence-corrected chi connectivity index (χ2v) is 6.72. The molecule has 1 unspecified atom stereocenters. The lowest BCUT2D eigenvalue weighted by atomic mass is 9.99. The van der Waals surface area contributed by atoms with E-state index in [1.54, 1.807) is 11.1 Å². The van der Waals surface area contributed by atoms with E-state index in [9.17, 15) is 14.4 Å². The van der Waals surface area contributed by atoms with Crippen molar-refractivity contribution in [1.82, 2.24) is 20.0 Å². The Bertz CT molecular complexity index is 860. The molecular weight excluding hydrogens is 332 g/mol. The zero-order valence-electron chi connectivity index (χ0n) is 14.4. The van der Waals surface area contributed by atoms with E-state index in [0.717, 1.165) is 30.5 Å². The first kappa shape index (κ1) is 16.5. The largest absolute Gasteiger partial charge is 0.322 e. The van der Waals surface area contributed by atoms with Crippen LogP contribution in [0.2, 0.25) is 0 Å². The van der Waals surface area contributed by atoms with Crippen molar-refractivity contribution >= 4 is 17.7 Å². The summed E-state index contributed by atoms with van der Waals surface area (Å²) in [6.45, 7) is 1.25. The van der Waals surface area contributed by atoms with Gasteiger partial charge in [0.25, 0.3) is 5.91 Å². The number of aromatic nitrogens is 2. The Morgan fingerprint density at radius 1 is 1.19 bits per heavy atom. The maximum atomic E-state index is 12.8. The molecule has 0 radical (unpaired) electrons. The van der Waals surface area contributed by atoms with Crippen molar-refractivity contribution in [3.05, 3.63) is 53.3 Å². The minimum absolute atomic E-state index is 0.122. The number of fused-ring (bicyclic) bond motifs is 1. The summed E-state index contributed by atoms with van der Waals surface area (Å²) in [6, 6.07) is 7.10. The summed E-state index contributed by atoms with van der Waals surface area (Å²) >= 11 is 0. The first-order chi connectivity index (χ1) is 12.6. The lowest BCUT2D eigenvalue weighted by Gasteiger charge is -2.29. The highest BCUT2D eigenvalue weighted by Crippen LogP contribution is 2.30. The molecule has 0 bridgehead atoms. The summed E-state index contributed by atoms with van der Waals surface area (Å²) in [7, 11) is 0. The molecule has 134 valence electrons. The number of rotatable bonds is 5. The van der Waals surface area contributed by atoms with Crippen LogP contribution in [0, 0.1) is 0 Å². The second kappa shape index (κ2) is 6.74. The van der Waals surface area contributed by atoms with Crippen molar-refractivity contribution in [3.63, 3.8) is 0 Å². The van der Waals surface area contributed by atoms with Gasteiger partial charge in [-0.15, -0.1) is 0 Å². The van der Waals surface area contributed by atoms with Crippen LogP contribution in [0.1, 0.15) is 40.7 Å². The highest BCUT2D eigenvalue weighted by atomic mass is 16.2. The maximum absolute atomic E-state index is 12.8. The van der Waals surface area contributed by atoms with Gasteiger partial charge in [-0.3, -0.25) is 24.4 Å². The molecule has 1 atom stereocenters. The lowest BCUT2D eigenvalue weighted by molar-refractivity contribution is -0.136. The third-order valence-corrected chi connectivity index (χ3v) is 5.07. The predicted octanol–water partition coefficient (Wildman–Crippen LogP) is 1.28. The van der Waals surface area contributed by atoms with Crippen LogP contribution in [0.15, 0.2) is 36.7 Å². The molecule has 2 aliphatic heterocycles. The Morgan fingerprint density at radius 2 is 2.08 bits per heavy atom. The van der Waals surface area contributed by atoms with Gasteiger partial charge in [0.15, 0.2) is 0 Å². The summed E-state index contributed by atoms with van der Waals surface area (Å²) in [5.74, 6) is -0.763. The van der Waals surface area contributed by atoms with Gasteiger partial charge in [0.2, 0.25) is 11.8 Å². The predicted molar refractivity (Wildman–Crippen MR) is 93.0 cm³/mol. The first-order valence-corrected chi connectivity index (χ1v) is 8.86. The molecule has 0 aliphatic carbocycles. The topological polar surface area (TPSA) is 84.3 Å². The SMILES string of the molecule is O=C1CCC(N2Cc3c(CCCn4cccn4)cccc3C2=O)C(=O)N1. The van der Waals surface area contributed by atoms with Gasteiger partial charge >= 0.3 is 0 Å². The average molecular weight is 352 g/mol. The monoisotopic (exact) mass is 352 g/mol. The number of nitrogens with zero attached hydrogens (tertiary/aromatic N) is 3. The van der Waals surface area contributed by atoms with E-state index in [4.69, 9.17) is 0 Å². The Balaban J connectivity index is 1.49. The van der Waals surface area contributed by atoms with E-state index < -0.39 is 6.04 Å². The molecular formula is C19H20N4O3. The fourth-order valence-electron chi connectivity index (χ4n) is 3.75. The third kappa shape index (κ3) is 3.00. The molecule has 7 heteroatoms. The van der Waals surface area contributed by atoms with Crippen LogP contribution >= 0.6 is 0 Å². The number of carbonyl (C=O) groups excluding carboxylic acids is 3. The number of benzene rings is 1. The molecule has 3 heterocycles. The van der Waals surface area contributed by atoms with E-state index >= 15 is 0 Å². The number of nitrogens with one attached hydrogen (secondary N) is 1. The Morgan fingerprint density at radius 3 is 2.85 bits per heavy atom. The number of hydrogen-bond donors (Lipinski definition) is 1. The van der Waals surface area contributed by atoms with E-state index in [1.165, 1.54) is 0 Å². The number of carbonyl (C=O) groups is 3. The van der Waals surface area contributed by atoms with Gasteiger partial charge in [0.1, 0.15) is 6.04 Å². The fourth-order valence-corrected chi connectivity index (χ4v) is 3.75. The van der Waals surface area contributed by atoms with Gasteiger partial charge in [0.05, 0.1) is 0 Å². The maximum Gasteiger partial charge on any atom is 0.255 e. The molecule has 1 fully saturated rings. The van der Waals surface area contributed by atoms with Gasteiger partial charge in [-0.1, -0.05) is 12.1 Å². The number of piperidine rings is 1. The fraction of sp³-hybridized carbons (Fsp3) is 0.368. The zero-order valence-corrected chi connectivity index (χ0v) is 14.4. The third-order valence-electron chi connectivity index (χ3n) is 5.07. The molecule has 1 aromatic carbocycles. The molecule has 2 aromatic rings. The number of aryl methyl sites for hydroxylation is 2. The quantitative estimate of drug-likeness (QED) is 0.822. The van der Waals surface area contributed by atoms with Gasteiger partial charge < -0.3 is 4.90 Å². The van der Waals surface area contributed by atoms with Crippen molar-refractivity contribution in [2.45, 2.75) is 44.8 Å². The zero-order chi connectivity index (χ0) is 18.1. The van der Waals surface area contributed by atoms with Crippen LogP contribution in [-0.2, 0) is 29.1 Å². The highest BCUT2D eigenvalue weighted by molar-refractivity contribution is 6.05. The minimum Gasteiger partial charge on any atom is -0.322 e. The molecule has 26 heavy (non-hydrogen) atoms. The van der Waals surface area contributed by atoms with Crippen molar-refractivity contribution in [2.24, 2.45) is 0 Å².